The first-order valence-electron chi connectivity index (χ1n) is 9.43. The zero-order chi connectivity index (χ0) is 23.6. The number of aromatic amines is 1. The van der Waals surface area contributed by atoms with Crippen LogP contribution in [0.1, 0.15) is 5.56 Å². The molecular weight excluding hydrogens is 461 g/mol. The number of pyridine rings is 1. The second-order valence-corrected chi connectivity index (χ2v) is 8.52. The van der Waals surface area contributed by atoms with E-state index in [4.69, 9.17) is 5.14 Å². The molecule has 1 aromatic carbocycles. The summed E-state index contributed by atoms with van der Waals surface area (Å²) in [5.41, 5.74) is 2.33. The fourth-order valence-corrected chi connectivity index (χ4v) is 3.45. The second-order valence-electron chi connectivity index (χ2n) is 6.96. The number of fused-ring (bicyclic) bond motifs is 1. The molecule has 10 nitrogen and oxygen atoms in total. The van der Waals surface area contributed by atoms with E-state index in [1.165, 1.54) is 18.3 Å². The van der Waals surface area contributed by atoms with Crippen molar-refractivity contribution in [1.29, 1.82) is 0 Å². The number of rotatable bonds is 7. The average Bonchev–Trinajstić information content (AvgIpc) is 3.30. The van der Waals surface area contributed by atoms with Crippen molar-refractivity contribution in [3.05, 3.63) is 54.4 Å². The molecule has 4 rings (SSSR count). The number of hydrogen-bond acceptors (Lipinski definition) is 8. The van der Waals surface area contributed by atoms with Gasteiger partial charge in [0.25, 0.3) is 0 Å². The number of halogens is 3. The van der Waals surface area contributed by atoms with Crippen LogP contribution in [-0.4, -0.2) is 46.3 Å². The normalized spacial score (nSPS) is 12.1. The highest BCUT2D eigenvalue weighted by Crippen LogP contribution is 2.26. The summed E-state index contributed by atoms with van der Waals surface area (Å²) in [4.78, 5) is 12.9. The zero-order valence-corrected chi connectivity index (χ0v) is 17.6. The Morgan fingerprint density at radius 3 is 2.39 bits per heavy atom. The maximum absolute atomic E-state index is 12.8. The van der Waals surface area contributed by atoms with E-state index in [1.54, 1.807) is 30.5 Å². The van der Waals surface area contributed by atoms with E-state index in [2.05, 4.69) is 35.8 Å². The highest BCUT2D eigenvalue weighted by molar-refractivity contribution is 7.89. The van der Waals surface area contributed by atoms with Gasteiger partial charge in [-0.05, 0) is 29.8 Å². The van der Waals surface area contributed by atoms with Crippen molar-refractivity contribution in [2.45, 2.75) is 17.6 Å². The monoisotopic (exact) mass is 478 g/mol. The summed E-state index contributed by atoms with van der Waals surface area (Å²) in [6, 6.07) is 9.10. The lowest BCUT2D eigenvalue weighted by Gasteiger charge is -2.13. The van der Waals surface area contributed by atoms with E-state index < -0.39 is 22.7 Å². The van der Waals surface area contributed by atoms with Gasteiger partial charge >= 0.3 is 6.18 Å². The van der Waals surface area contributed by atoms with E-state index >= 15 is 0 Å². The van der Waals surface area contributed by atoms with Crippen LogP contribution < -0.4 is 15.8 Å². The highest BCUT2D eigenvalue weighted by Gasteiger charge is 2.27. The Bertz CT molecular complexity index is 1370. The molecule has 0 saturated carbocycles. The molecule has 0 aliphatic rings. The summed E-state index contributed by atoms with van der Waals surface area (Å²) in [7, 11) is -3.81. The van der Waals surface area contributed by atoms with Crippen molar-refractivity contribution in [3.63, 3.8) is 0 Å². The van der Waals surface area contributed by atoms with Crippen LogP contribution >= 0.6 is 0 Å². The van der Waals surface area contributed by atoms with Crippen molar-refractivity contribution < 1.29 is 21.6 Å². The zero-order valence-electron chi connectivity index (χ0n) is 16.8. The van der Waals surface area contributed by atoms with Gasteiger partial charge in [0, 0.05) is 18.3 Å². The minimum Gasteiger partial charge on any atom is -0.359 e. The molecule has 0 saturated heterocycles. The number of sulfonamides is 1. The quantitative estimate of drug-likeness (QED) is 0.316. The van der Waals surface area contributed by atoms with Gasteiger partial charge in [0.2, 0.25) is 16.0 Å². The first-order valence-corrected chi connectivity index (χ1v) is 11.0. The predicted octanol–water partition coefficient (Wildman–Crippen LogP) is 2.65. The summed E-state index contributed by atoms with van der Waals surface area (Å²) in [5, 5.41) is 16.8. The first kappa shape index (κ1) is 22.4. The minimum atomic E-state index is -4.46. The highest BCUT2D eigenvalue weighted by atomic mass is 32.2. The molecule has 4 aromatic rings. The number of nitrogens with one attached hydrogen (secondary N) is 3. The number of nitrogens with two attached hydrogens (primary N) is 1. The average molecular weight is 478 g/mol. The van der Waals surface area contributed by atoms with Crippen molar-refractivity contribution >= 4 is 32.8 Å². The number of benzene rings is 1. The van der Waals surface area contributed by atoms with Crippen LogP contribution in [0, 0.1) is 0 Å². The van der Waals surface area contributed by atoms with Crippen LogP contribution in [0.2, 0.25) is 0 Å². The lowest BCUT2D eigenvalue weighted by atomic mass is 10.2. The Hall–Kier alpha value is -3.78. The third-order valence-corrected chi connectivity index (χ3v) is 5.42. The van der Waals surface area contributed by atoms with Crippen LogP contribution in [-0.2, 0) is 16.6 Å². The van der Waals surface area contributed by atoms with Gasteiger partial charge in [-0.15, -0.1) is 0 Å². The minimum absolute atomic E-state index is 0.0358. The standard InChI is InChI=1S/C19H17F3N8O2S/c20-19(21,22)10-25-17-16-15(6-5-14(28-16)12-8-26-27-9-12)29-18(30-17)24-7-11-1-3-13(4-2-11)33(23,31)32/h1-6,8-9H,7,10H2,(H,26,27)(H2,23,31,32)(H2,24,25,29,30). The number of aromatic nitrogens is 5. The second kappa shape index (κ2) is 8.63. The van der Waals surface area contributed by atoms with Crippen LogP contribution in [0.25, 0.3) is 22.3 Å². The Morgan fingerprint density at radius 2 is 1.76 bits per heavy atom. The van der Waals surface area contributed by atoms with Gasteiger partial charge in [0.05, 0.1) is 22.3 Å². The molecule has 172 valence electrons. The molecule has 0 unspecified atom stereocenters. The maximum atomic E-state index is 12.8. The summed E-state index contributed by atoms with van der Waals surface area (Å²) in [6.45, 7) is -1.11. The molecule has 0 fully saturated rings. The number of anilines is 2. The molecule has 3 heterocycles. The third kappa shape index (κ3) is 5.53. The van der Waals surface area contributed by atoms with E-state index in [-0.39, 0.29) is 28.7 Å². The number of H-pyrrole nitrogens is 1. The number of primary sulfonamides is 1. The molecule has 0 aliphatic carbocycles. The Morgan fingerprint density at radius 1 is 1.00 bits per heavy atom. The Kier molecular flexibility index (Phi) is 5.86. The van der Waals surface area contributed by atoms with E-state index in [9.17, 15) is 21.6 Å². The van der Waals surface area contributed by atoms with Gasteiger partial charge in [0.15, 0.2) is 5.82 Å². The summed E-state index contributed by atoms with van der Waals surface area (Å²) >= 11 is 0. The first-order chi connectivity index (χ1) is 15.6. The molecule has 0 radical (unpaired) electrons. The van der Waals surface area contributed by atoms with Crippen LogP contribution in [0.4, 0.5) is 24.9 Å². The number of nitrogens with zero attached hydrogens (tertiary/aromatic N) is 4. The molecule has 14 heteroatoms. The van der Waals surface area contributed by atoms with Gasteiger partial charge in [-0.2, -0.15) is 23.3 Å². The van der Waals surface area contributed by atoms with Crippen molar-refractivity contribution in [2.24, 2.45) is 5.14 Å². The molecular formula is C19H17F3N8O2S. The molecule has 3 aromatic heterocycles. The lowest BCUT2D eigenvalue weighted by Crippen LogP contribution is -2.22. The van der Waals surface area contributed by atoms with Crippen LogP contribution in [0.15, 0.2) is 53.7 Å². The topological polar surface area (TPSA) is 152 Å². The molecule has 0 aliphatic heterocycles. The molecule has 0 bridgehead atoms. The number of alkyl halides is 3. The van der Waals surface area contributed by atoms with Crippen molar-refractivity contribution in [2.75, 3.05) is 17.2 Å². The number of hydrogen-bond donors (Lipinski definition) is 4. The molecule has 0 amide bonds. The van der Waals surface area contributed by atoms with Gasteiger partial charge < -0.3 is 10.6 Å². The van der Waals surface area contributed by atoms with Gasteiger partial charge in [-0.3, -0.25) is 5.10 Å². The maximum Gasteiger partial charge on any atom is 0.405 e. The summed E-state index contributed by atoms with van der Waals surface area (Å²) < 4.78 is 61.2. The lowest BCUT2D eigenvalue weighted by molar-refractivity contribution is -0.115. The largest absolute Gasteiger partial charge is 0.405 e. The van der Waals surface area contributed by atoms with Gasteiger partial charge in [-0.25, -0.2) is 23.5 Å². The molecule has 33 heavy (non-hydrogen) atoms. The van der Waals surface area contributed by atoms with Crippen LogP contribution in [0.5, 0.6) is 0 Å². The summed E-state index contributed by atoms with van der Waals surface area (Å²) in [6.07, 6.45) is -1.32. The van der Waals surface area contributed by atoms with E-state index in [1.807, 2.05) is 0 Å². The summed E-state index contributed by atoms with van der Waals surface area (Å²) in [5.74, 6) is -0.0182. The van der Waals surface area contributed by atoms with E-state index in [0.717, 1.165) is 0 Å². The predicted molar refractivity (Wildman–Crippen MR) is 115 cm³/mol. The Balaban J connectivity index is 1.63. The smallest absolute Gasteiger partial charge is 0.359 e. The van der Waals surface area contributed by atoms with Crippen LogP contribution in [0.3, 0.4) is 0 Å². The van der Waals surface area contributed by atoms with Crippen molar-refractivity contribution in [3.8, 4) is 11.3 Å². The molecule has 0 atom stereocenters. The van der Waals surface area contributed by atoms with E-state index in [0.29, 0.717) is 22.3 Å². The fraction of sp³-hybridized carbons (Fsp3) is 0.158. The SMILES string of the molecule is NS(=O)(=O)c1ccc(CNc2nc(NCC(F)(F)F)c3nc(-c4cn[nH]c4)ccc3n2)cc1. The van der Waals surface area contributed by atoms with Gasteiger partial charge in [0.1, 0.15) is 12.1 Å². The Labute approximate surface area is 185 Å². The molecule has 5 N–H and O–H groups in total. The van der Waals surface area contributed by atoms with Gasteiger partial charge in [-0.1, -0.05) is 12.1 Å². The van der Waals surface area contributed by atoms with Crippen molar-refractivity contribution in [1.82, 2.24) is 25.1 Å². The molecule has 0 spiro atoms. The third-order valence-electron chi connectivity index (χ3n) is 4.50. The fourth-order valence-electron chi connectivity index (χ4n) is 2.93.